The first kappa shape index (κ1) is 41.9. The van der Waals surface area contributed by atoms with Crippen LogP contribution in [0.5, 0.6) is 0 Å². The van der Waals surface area contributed by atoms with Crippen LogP contribution in [0.3, 0.4) is 0 Å². The van der Waals surface area contributed by atoms with Crippen LogP contribution >= 0.6 is 0 Å². The number of rotatable bonds is 21. The van der Waals surface area contributed by atoms with E-state index in [9.17, 15) is 75.4 Å². The third-order valence-corrected chi connectivity index (χ3v) is 6.56. The highest BCUT2D eigenvalue weighted by atomic mass is 19.4. The van der Waals surface area contributed by atoms with Gasteiger partial charge in [0.05, 0.1) is 6.61 Å². The Labute approximate surface area is 243 Å². The third kappa shape index (κ3) is 9.22. The smallest absolute Gasteiger partial charge is 0.460 e. The van der Waals surface area contributed by atoms with Crippen molar-refractivity contribution in [1.82, 2.24) is 5.32 Å². The number of alkyl halides is 15. The van der Waals surface area contributed by atoms with Crippen LogP contribution in [0.4, 0.5) is 65.9 Å². The Morgan fingerprint density at radius 1 is 0.545 bits per heavy atom. The molecule has 0 aromatic rings. The van der Waals surface area contributed by atoms with E-state index in [1.54, 1.807) is 0 Å². The van der Waals surface area contributed by atoms with Crippen LogP contribution in [-0.4, -0.2) is 66.2 Å². The van der Waals surface area contributed by atoms with Crippen molar-refractivity contribution in [2.75, 3.05) is 6.61 Å². The molecule has 0 fully saturated rings. The molecule has 0 radical (unpaired) electrons. The fourth-order valence-electron chi connectivity index (χ4n) is 3.70. The van der Waals surface area contributed by atoms with Crippen molar-refractivity contribution in [3.8, 4) is 0 Å². The van der Waals surface area contributed by atoms with E-state index in [0.717, 1.165) is 44.9 Å². The number of carbonyl (C=O) groups excluding carboxylic acids is 2. The number of hydrogen-bond donors (Lipinski definition) is 1. The fraction of sp³-hybridized carbons (Fsp3) is 0.920. The van der Waals surface area contributed by atoms with Gasteiger partial charge in [-0.25, -0.2) is 4.79 Å². The number of hydrogen-bond acceptors (Lipinski definition) is 3. The summed E-state index contributed by atoms with van der Waals surface area (Å²) in [6.07, 6.45) is 3.42. The van der Waals surface area contributed by atoms with Crippen LogP contribution in [0.25, 0.3) is 0 Å². The zero-order chi connectivity index (χ0) is 34.8. The van der Waals surface area contributed by atoms with Gasteiger partial charge in [-0.15, -0.1) is 0 Å². The molecule has 0 spiro atoms. The van der Waals surface area contributed by atoms with Gasteiger partial charge >= 0.3 is 47.7 Å². The van der Waals surface area contributed by atoms with Gasteiger partial charge in [0.15, 0.2) is 0 Å². The molecule has 262 valence electrons. The summed E-state index contributed by atoms with van der Waals surface area (Å²) < 4.78 is 203. The van der Waals surface area contributed by atoms with E-state index in [2.05, 4.69) is 11.7 Å². The molecule has 1 amide bonds. The SMILES string of the molecule is CCCCCCCCCCCCCCOC(=O)C(C)NC(=O)C(F)(F)C(F)(F)C(F)(F)C(F)(F)C(F)(F)C(F)(F)C(F)(F)F. The van der Waals surface area contributed by atoms with Crippen molar-refractivity contribution in [3.63, 3.8) is 0 Å². The molecule has 0 aliphatic rings. The maximum absolute atomic E-state index is 14.0. The lowest BCUT2D eigenvalue weighted by Gasteiger charge is -2.41. The molecule has 0 saturated heterocycles. The van der Waals surface area contributed by atoms with E-state index in [1.807, 2.05) is 0 Å². The lowest BCUT2D eigenvalue weighted by Crippen LogP contribution is -2.74. The van der Waals surface area contributed by atoms with Crippen LogP contribution in [0, 0.1) is 0 Å². The molecule has 0 aliphatic carbocycles. The fourth-order valence-corrected chi connectivity index (χ4v) is 3.70. The van der Waals surface area contributed by atoms with Crippen molar-refractivity contribution >= 4 is 11.9 Å². The number of carbonyl (C=O) groups is 2. The van der Waals surface area contributed by atoms with Crippen LogP contribution in [-0.2, 0) is 14.3 Å². The minimum atomic E-state index is -8.51. The second-order valence-corrected chi connectivity index (χ2v) is 10.2. The van der Waals surface area contributed by atoms with E-state index in [0.29, 0.717) is 25.1 Å². The van der Waals surface area contributed by atoms with Crippen molar-refractivity contribution < 1.29 is 80.2 Å². The molecule has 1 N–H and O–H groups in total. The van der Waals surface area contributed by atoms with Gasteiger partial charge in [0.25, 0.3) is 5.91 Å². The molecule has 1 atom stereocenters. The van der Waals surface area contributed by atoms with Crippen molar-refractivity contribution in [2.24, 2.45) is 0 Å². The van der Waals surface area contributed by atoms with E-state index in [4.69, 9.17) is 0 Å². The minimum absolute atomic E-state index is 0.218. The molecule has 0 rings (SSSR count). The number of nitrogens with one attached hydrogen (secondary N) is 1. The van der Waals surface area contributed by atoms with Crippen molar-refractivity contribution in [2.45, 2.75) is 139 Å². The zero-order valence-electron chi connectivity index (χ0n) is 23.7. The summed E-state index contributed by atoms with van der Waals surface area (Å²) in [7, 11) is 0. The molecule has 0 aromatic heterocycles. The van der Waals surface area contributed by atoms with Gasteiger partial charge in [0.1, 0.15) is 6.04 Å². The Kier molecular flexibility index (Phi) is 15.2. The van der Waals surface area contributed by atoms with Gasteiger partial charge in [-0.2, -0.15) is 65.9 Å². The van der Waals surface area contributed by atoms with Crippen molar-refractivity contribution in [3.05, 3.63) is 0 Å². The second-order valence-electron chi connectivity index (χ2n) is 10.2. The highest BCUT2D eigenvalue weighted by Gasteiger charge is 2.94. The predicted molar refractivity (Wildman–Crippen MR) is 125 cm³/mol. The van der Waals surface area contributed by atoms with Gasteiger partial charge in [-0.3, -0.25) is 4.79 Å². The van der Waals surface area contributed by atoms with E-state index in [-0.39, 0.29) is 13.0 Å². The van der Waals surface area contributed by atoms with Gasteiger partial charge in [0, 0.05) is 0 Å². The van der Waals surface area contributed by atoms with Crippen LogP contribution in [0.15, 0.2) is 0 Å². The maximum atomic E-state index is 14.0. The Morgan fingerprint density at radius 2 is 0.886 bits per heavy atom. The standard InChI is InChI=1S/C25H34F15NO3/c1-3-4-5-6-7-8-9-10-11-12-13-14-15-44-17(42)16(2)41-18(43)19(26,27)20(28,29)21(30,31)22(32,33)23(34,35)24(36,37)25(38,39)40/h16H,3-15H2,1-2H3,(H,41,43). The zero-order valence-corrected chi connectivity index (χ0v) is 23.7. The number of esters is 1. The number of amides is 1. The van der Waals surface area contributed by atoms with E-state index >= 15 is 0 Å². The Hall–Kier alpha value is -2.11. The van der Waals surface area contributed by atoms with E-state index < -0.39 is 59.6 Å². The molecule has 0 heterocycles. The van der Waals surface area contributed by atoms with Gasteiger partial charge in [0.2, 0.25) is 0 Å². The van der Waals surface area contributed by atoms with Gasteiger partial charge in [-0.1, -0.05) is 77.6 Å². The highest BCUT2D eigenvalue weighted by Crippen LogP contribution is 2.62. The quantitative estimate of drug-likeness (QED) is 0.0748. The summed E-state index contributed by atoms with van der Waals surface area (Å²) in [5.74, 6) is -53.9. The minimum Gasteiger partial charge on any atom is -0.464 e. The van der Waals surface area contributed by atoms with Gasteiger partial charge < -0.3 is 10.1 Å². The molecule has 44 heavy (non-hydrogen) atoms. The Balaban J connectivity index is 5.08. The topological polar surface area (TPSA) is 55.4 Å². The maximum Gasteiger partial charge on any atom is 0.460 e. The number of ether oxygens (including phenoxy) is 1. The number of unbranched alkanes of at least 4 members (excludes halogenated alkanes) is 11. The third-order valence-electron chi connectivity index (χ3n) is 6.56. The Bertz CT molecular complexity index is 908. The molecule has 0 bridgehead atoms. The van der Waals surface area contributed by atoms with Crippen LogP contribution in [0.2, 0.25) is 0 Å². The monoisotopic (exact) mass is 681 g/mol. The molecule has 19 heteroatoms. The van der Waals surface area contributed by atoms with Crippen molar-refractivity contribution in [1.29, 1.82) is 0 Å². The highest BCUT2D eigenvalue weighted by molar-refractivity contribution is 5.89. The van der Waals surface area contributed by atoms with Crippen LogP contribution in [0.1, 0.15) is 90.9 Å². The normalized spacial score (nSPS) is 14.8. The average molecular weight is 682 g/mol. The first-order chi connectivity index (χ1) is 19.8. The molecule has 0 saturated carbocycles. The van der Waals surface area contributed by atoms with Gasteiger partial charge in [-0.05, 0) is 13.3 Å². The molecular weight excluding hydrogens is 647 g/mol. The predicted octanol–water partition coefficient (Wildman–Crippen LogP) is 9.11. The molecule has 1 unspecified atom stereocenters. The largest absolute Gasteiger partial charge is 0.464 e. The first-order valence-corrected chi connectivity index (χ1v) is 13.6. The summed E-state index contributed by atoms with van der Waals surface area (Å²) in [4.78, 5) is 23.4. The lowest BCUT2D eigenvalue weighted by atomic mass is 9.90. The summed E-state index contributed by atoms with van der Waals surface area (Å²) in [6.45, 7) is 2.22. The first-order valence-electron chi connectivity index (χ1n) is 13.6. The molecule has 0 aromatic carbocycles. The molecule has 0 aliphatic heterocycles. The summed E-state index contributed by atoms with van der Waals surface area (Å²) in [5.41, 5.74) is 0. The molecular formula is C25H34F15NO3. The summed E-state index contributed by atoms with van der Waals surface area (Å²) in [5, 5.41) is 0.702. The Morgan fingerprint density at radius 3 is 1.27 bits per heavy atom. The summed E-state index contributed by atoms with van der Waals surface area (Å²) >= 11 is 0. The summed E-state index contributed by atoms with van der Waals surface area (Å²) in [6, 6.07) is -2.34. The average Bonchev–Trinajstić information content (AvgIpc) is 2.89. The molecule has 4 nitrogen and oxygen atoms in total. The second kappa shape index (κ2) is 15.9. The number of halogens is 15. The lowest BCUT2D eigenvalue weighted by molar-refractivity contribution is -0.449. The van der Waals surface area contributed by atoms with E-state index in [1.165, 1.54) is 12.8 Å². The van der Waals surface area contributed by atoms with Crippen LogP contribution < -0.4 is 5.32 Å².